The van der Waals surface area contributed by atoms with Gasteiger partial charge in [-0.05, 0) is 25.8 Å². The summed E-state index contributed by atoms with van der Waals surface area (Å²) in [6.45, 7) is 1.05. The Kier molecular flexibility index (Phi) is 10.7. The summed E-state index contributed by atoms with van der Waals surface area (Å²) in [5.74, 6) is 0.847. The first kappa shape index (κ1) is 17.2. The first-order valence-corrected chi connectivity index (χ1v) is 10.0. The molecule has 1 aliphatic rings. The summed E-state index contributed by atoms with van der Waals surface area (Å²) < 4.78 is 11.0. The number of hydrogen-bond acceptors (Lipinski definition) is 2. The molecule has 2 nitrogen and oxygen atoms in total. The van der Waals surface area contributed by atoms with E-state index in [0.717, 1.165) is 18.7 Å². The Hall–Kier alpha value is 0.110. The fourth-order valence-corrected chi connectivity index (χ4v) is 3.50. The monoisotopic (exact) mass is 287 g/mol. The zero-order valence-corrected chi connectivity index (χ0v) is 13.6. The first-order chi connectivity index (χ1) is 9.29. The molecule has 1 atom stereocenters. The van der Waals surface area contributed by atoms with Crippen LogP contribution in [0.1, 0.15) is 77.0 Å². The molecular weight excluding hydrogens is 254 g/mol. The summed E-state index contributed by atoms with van der Waals surface area (Å²) in [5, 5.41) is 3.69. The Bertz CT molecular complexity index is 221. The molecule has 0 spiro atoms. The third-order valence-corrected chi connectivity index (χ3v) is 5.01. The van der Waals surface area contributed by atoms with Crippen molar-refractivity contribution in [2.75, 3.05) is 18.6 Å². The van der Waals surface area contributed by atoms with Crippen LogP contribution in [0.5, 0.6) is 0 Å². The number of hydrogen-bond donors (Lipinski definition) is 1. The summed E-state index contributed by atoms with van der Waals surface area (Å²) in [7, 11) is -0.627. The van der Waals surface area contributed by atoms with Crippen LogP contribution in [0, 0.1) is 0 Å². The molecule has 19 heavy (non-hydrogen) atoms. The Balaban J connectivity index is 2.16. The van der Waals surface area contributed by atoms with Gasteiger partial charge in [-0.1, -0.05) is 57.8 Å². The van der Waals surface area contributed by atoms with Gasteiger partial charge in [0.1, 0.15) is 0 Å². The third-order valence-electron chi connectivity index (χ3n) is 4.15. The maximum absolute atomic E-state index is 11.0. The molecule has 0 amide bonds. The van der Waals surface area contributed by atoms with Crippen LogP contribution >= 0.6 is 0 Å². The molecule has 1 rings (SSSR count). The van der Waals surface area contributed by atoms with Gasteiger partial charge in [-0.3, -0.25) is 4.21 Å². The van der Waals surface area contributed by atoms with Crippen LogP contribution in [-0.2, 0) is 10.8 Å². The van der Waals surface area contributed by atoms with Gasteiger partial charge in [0.25, 0.3) is 0 Å². The fraction of sp³-hybridized carbons (Fsp3) is 1.00. The highest BCUT2D eigenvalue weighted by Gasteiger charge is 2.08. The van der Waals surface area contributed by atoms with Crippen LogP contribution < -0.4 is 5.32 Å². The molecule has 1 unspecified atom stereocenters. The van der Waals surface area contributed by atoms with Gasteiger partial charge in [0.15, 0.2) is 0 Å². The summed E-state index contributed by atoms with van der Waals surface area (Å²) >= 11 is 0. The molecule has 0 saturated heterocycles. The molecule has 1 saturated carbocycles. The lowest BCUT2D eigenvalue weighted by molar-refractivity contribution is 0.405. The van der Waals surface area contributed by atoms with Crippen LogP contribution in [0.25, 0.3) is 0 Å². The molecule has 0 aromatic carbocycles. The summed E-state index contributed by atoms with van der Waals surface area (Å²) in [5.41, 5.74) is 0. The Morgan fingerprint density at radius 1 is 0.895 bits per heavy atom. The van der Waals surface area contributed by atoms with Crippen molar-refractivity contribution in [1.82, 2.24) is 5.32 Å². The van der Waals surface area contributed by atoms with E-state index in [4.69, 9.17) is 0 Å². The molecule has 0 aromatic heterocycles. The van der Waals surface area contributed by atoms with Gasteiger partial charge >= 0.3 is 0 Å². The van der Waals surface area contributed by atoms with Crippen LogP contribution in [-0.4, -0.2) is 28.8 Å². The van der Waals surface area contributed by atoms with Gasteiger partial charge in [0, 0.05) is 28.9 Å². The van der Waals surface area contributed by atoms with Crippen molar-refractivity contribution in [3.05, 3.63) is 0 Å². The second kappa shape index (κ2) is 11.9. The lowest BCUT2D eigenvalue weighted by Crippen LogP contribution is -2.30. The van der Waals surface area contributed by atoms with Crippen LogP contribution in [0.4, 0.5) is 0 Å². The van der Waals surface area contributed by atoms with E-state index in [1.807, 2.05) is 0 Å². The van der Waals surface area contributed by atoms with Crippen molar-refractivity contribution in [2.24, 2.45) is 0 Å². The highest BCUT2D eigenvalue weighted by atomic mass is 32.2. The molecule has 0 heterocycles. The standard InChI is InChI=1S/C16H33NOS/c1-19(18)15-11-14-17-16-12-9-7-5-3-2-4-6-8-10-13-16/h16-17H,2-15H2,1H3. The van der Waals surface area contributed by atoms with Crippen LogP contribution in [0.3, 0.4) is 0 Å². The van der Waals surface area contributed by atoms with Crippen molar-refractivity contribution in [3.8, 4) is 0 Å². The lowest BCUT2D eigenvalue weighted by Gasteiger charge is -2.19. The average Bonchev–Trinajstić information content (AvgIpc) is 2.36. The maximum atomic E-state index is 11.0. The minimum atomic E-state index is -0.627. The topological polar surface area (TPSA) is 29.1 Å². The van der Waals surface area contributed by atoms with E-state index in [1.165, 1.54) is 70.6 Å². The minimum absolute atomic E-state index is 0.627. The lowest BCUT2D eigenvalue weighted by atomic mass is 9.98. The third kappa shape index (κ3) is 10.5. The van der Waals surface area contributed by atoms with Crippen molar-refractivity contribution in [3.63, 3.8) is 0 Å². The van der Waals surface area contributed by atoms with Gasteiger partial charge in [0.05, 0.1) is 0 Å². The van der Waals surface area contributed by atoms with Crippen molar-refractivity contribution >= 4 is 10.8 Å². The molecule has 0 aliphatic heterocycles. The Morgan fingerprint density at radius 2 is 1.37 bits per heavy atom. The van der Waals surface area contributed by atoms with E-state index < -0.39 is 10.8 Å². The highest BCUT2D eigenvalue weighted by Crippen LogP contribution is 2.16. The summed E-state index contributed by atoms with van der Waals surface area (Å²) in [6.07, 6.45) is 18.3. The summed E-state index contributed by atoms with van der Waals surface area (Å²) in [6, 6.07) is 0.713. The molecule has 1 fully saturated rings. The zero-order chi connectivity index (χ0) is 13.8. The molecule has 1 N–H and O–H groups in total. The van der Waals surface area contributed by atoms with E-state index >= 15 is 0 Å². The second-order valence-corrected chi connectivity index (χ2v) is 7.60. The predicted octanol–water partition coefficient (Wildman–Crippen LogP) is 4.02. The predicted molar refractivity (Wildman–Crippen MR) is 86.1 cm³/mol. The number of nitrogens with one attached hydrogen (secondary N) is 1. The second-order valence-electron chi connectivity index (χ2n) is 6.04. The largest absolute Gasteiger partial charge is 0.314 e. The SMILES string of the molecule is CS(=O)CCCNC1CCCCCCCCCCC1. The summed E-state index contributed by atoms with van der Waals surface area (Å²) in [4.78, 5) is 0. The van der Waals surface area contributed by atoms with Gasteiger partial charge in [-0.2, -0.15) is 0 Å². The quantitative estimate of drug-likeness (QED) is 0.774. The van der Waals surface area contributed by atoms with E-state index in [9.17, 15) is 4.21 Å². The molecule has 114 valence electrons. The molecule has 1 aliphatic carbocycles. The van der Waals surface area contributed by atoms with Crippen molar-refractivity contribution in [2.45, 2.75) is 83.1 Å². The van der Waals surface area contributed by atoms with Gasteiger partial charge in [-0.15, -0.1) is 0 Å². The van der Waals surface area contributed by atoms with Gasteiger partial charge in [0.2, 0.25) is 0 Å². The highest BCUT2D eigenvalue weighted by molar-refractivity contribution is 7.84. The maximum Gasteiger partial charge on any atom is 0.0244 e. The van der Waals surface area contributed by atoms with Crippen LogP contribution in [0.2, 0.25) is 0 Å². The van der Waals surface area contributed by atoms with Crippen molar-refractivity contribution < 1.29 is 4.21 Å². The zero-order valence-electron chi connectivity index (χ0n) is 12.8. The number of rotatable bonds is 5. The molecule has 0 radical (unpaired) electrons. The van der Waals surface area contributed by atoms with Gasteiger partial charge < -0.3 is 5.32 Å². The Morgan fingerprint density at radius 3 is 1.84 bits per heavy atom. The van der Waals surface area contributed by atoms with Gasteiger partial charge in [-0.25, -0.2) is 0 Å². The van der Waals surface area contributed by atoms with Crippen molar-refractivity contribution in [1.29, 1.82) is 0 Å². The smallest absolute Gasteiger partial charge is 0.0244 e. The first-order valence-electron chi connectivity index (χ1n) is 8.32. The molecule has 3 heteroatoms. The average molecular weight is 288 g/mol. The molecule has 0 aromatic rings. The normalized spacial score (nSPS) is 22.4. The fourth-order valence-electron chi connectivity index (χ4n) is 2.95. The Labute approximate surface area is 122 Å². The molecular formula is C16H33NOS. The van der Waals surface area contributed by atoms with E-state index in [-0.39, 0.29) is 0 Å². The van der Waals surface area contributed by atoms with E-state index in [2.05, 4.69) is 5.32 Å². The van der Waals surface area contributed by atoms with E-state index in [0.29, 0.717) is 6.04 Å². The van der Waals surface area contributed by atoms with Crippen LogP contribution in [0.15, 0.2) is 0 Å². The van der Waals surface area contributed by atoms with E-state index in [1.54, 1.807) is 6.26 Å². The minimum Gasteiger partial charge on any atom is -0.314 e. The molecule has 0 bridgehead atoms.